The van der Waals surface area contributed by atoms with Crippen LogP contribution in [0.4, 0.5) is 0 Å². The lowest BCUT2D eigenvalue weighted by Crippen LogP contribution is -2.55. The standard InChI is InChI=1S/C14H32O6Si3/c1-12(2)14(16)17-10-13(15)11-18-23(9,19-21(3,4)5)20-22(6,7)8/h13,15H,1,10-11H2,2-9H3. The quantitative estimate of drug-likeness (QED) is 0.357. The number of rotatable bonds is 10. The van der Waals surface area contributed by atoms with Gasteiger partial charge in [0.05, 0.1) is 6.61 Å². The van der Waals surface area contributed by atoms with Crippen LogP contribution in [0.1, 0.15) is 6.92 Å². The smallest absolute Gasteiger partial charge is 0.460 e. The Balaban J connectivity index is 4.66. The van der Waals surface area contributed by atoms with Crippen molar-refractivity contribution >= 4 is 31.4 Å². The summed E-state index contributed by atoms with van der Waals surface area (Å²) < 4.78 is 23.1. The minimum absolute atomic E-state index is 0.00114. The summed E-state index contributed by atoms with van der Waals surface area (Å²) in [7, 11) is -6.58. The molecule has 0 rings (SSSR count). The molecule has 0 bridgehead atoms. The van der Waals surface area contributed by atoms with Crippen LogP contribution in [0.5, 0.6) is 0 Å². The van der Waals surface area contributed by atoms with Gasteiger partial charge in [-0.05, 0) is 46.2 Å². The lowest BCUT2D eigenvalue weighted by Gasteiger charge is -2.37. The van der Waals surface area contributed by atoms with Crippen molar-refractivity contribution in [2.24, 2.45) is 0 Å². The molecule has 136 valence electrons. The SMILES string of the molecule is C=C(C)C(=O)OCC(O)CO[Si](C)(O[Si](C)(C)C)O[Si](C)(C)C. The second kappa shape index (κ2) is 8.70. The molecule has 0 fully saturated rings. The molecule has 0 aliphatic rings. The summed E-state index contributed by atoms with van der Waals surface area (Å²) in [6.07, 6.45) is -0.930. The molecule has 9 heteroatoms. The maximum absolute atomic E-state index is 11.3. The normalized spacial score (nSPS) is 14.5. The molecule has 0 amide bonds. The Morgan fingerprint density at radius 2 is 1.43 bits per heavy atom. The van der Waals surface area contributed by atoms with E-state index in [1.165, 1.54) is 0 Å². The zero-order valence-corrected chi connectivity index (χ0v) is 18.7. The van der Waals surface area contributed by atoms with Gasteiger partial charge in [-0.25, -0.2) is 4.79 Å². The lowest BCUT2D eigenvalue weighted by atomic mass is 10.3. The zero-order chi connectivity index (χ0) is 18.5. The van der Waals surface area contributed by atoms with Crippen molar-refractivity contribution in [2.75, 3.05) is 13.2 Å². The third-order valence-electron chi connectivity index (χ3n) is 2.28. The van der Waals surface area contributed by atoms with Crippen LogP contribution in [0.15, 0.2) is 12.2 Å². The second-order valence-corrected chi connectivity index (χ2v) is 19.7. The highest BCUT2D eigenvalue weighted by molar-refractivity contribution is 6.85. The Labute approximate surface area is 143 Å². The molecule has 1 atom stereocenters. The monoisotopic (exact) mass is 380 g/mol. The van der Waals surface area contributed by atoms with Gasteiger partial charge in [-0.2, -0.15) is 0 Å². The molecule has 0 aromatic rings. The van der Waals surface area contributed by atoms with Crippen molar-refractivity contribution in [3.05, 3.63) is 12.2 Å². The van der Waals surface area contributed by atoms with Gasteiger partial charge in [-0.15, -0.1) is 0 Å². The van der Waals surface area contributed by atoms with Crippen LogP contribution in [0.3, 0.4) is 0 Å². The number of carbonyl (C=O) groups is 1. The van der Waals surface area contributed by atoms with Gasteiger partial charge in [0.1, 0.15) is 12.7 Å². The topological polar surface area (TPSA) is 74.2 Å². The molecule has 0 saturated heterocycles. The molecule has 1 unspecified atom stereocenters. The van der Waals surface area contributed by atoms with E-state index in [0.29, 0.717) is 5.57 Å². The van der Waals surface area contributed by atoms with Crippen molar-refractivity contribution in [1.29, 1.82) is 0 Å². The lowest BCUT2D eigenvalue weighted by molar-refractivity contribution is -0.142. The number of hydrogen-bond donors (Lipinski definition) is 1. The van der Waals surface area contributed by atoms with Crippen LogP contribution in [0, 0.1) is 0 Å². The van der Waals surface area contributed by atoms with E-state index < -0.39 is 37.5 Å². The van der Waals surface area contributed by atoms with Gasteiger partial charge in [0.25, 0.3) is 0 Å². The Bertz CT molecular complexity index is 398. The molecule has 0 heterocycles. The van der Waals surface area contributed by atoms with E-state index in [-0.39, 0.29) is 13.2 Å². The molecule has 0 aromatic heterocycles. The summed E-state index contributed by atoms with van der Waals surface area (Å²) in [6.45, 7) is 19.2. The van der Waals surface area contributed by atoms with E-state index in [1.54, 1.807) is 6.92 Å². The fourth-order valence-corrected chi connectivity index (χ4v) is 12.2. The van der Waals surface area contributed by atoms with E-state index in [9.17, 15) is 9.90 Å². The maximum atomic E-state index is 11.3. The molecule has 6 nitrogen and oxygen atoms in total. The van der Waals surface area contributed by atoms with Crippen molar-refractivity contribution < 1.29 is 27.3 Å². The highest BCUT2D eigenvalue weighted by atomic mass is 28.5. The number of hydrogen-bond acceptors (Lipinski definition) is 6. The minimum atomic E-state index is -2.86. The fraction of sp³-hybridized carbons (Fsp3) is 0.786. The molecule has 0 aliphatic carbocycles. The number of ether oxygens (including phenoxy) is 1. The molecule has 23 heavy (non-hydrogen) atoms. The van der Waals surface area contributed by atoms with E-state index in [1.807, 2.05) is 6.55 Å². The number of esters is 1. The van der Waals surface area contributed by atoms with Gasteiger partial charge >= 0.3 is 14.8 Å². The molecular formula is C14H32O6Si3. The molecular weight excluding hydrogens is 348 g/mol. The highest BCUT2D eigenvalue weighted by Crippen LogP contribution is 2.21. The molecule has 0 aromatic carbocycles. The first-order chi connectivity index (χ1) is 10.1. The van der Waals surface area contributed by atoms with E-state index in [2.05, 4.69) is 45.9 Å². The van der Waals surface area contributed by atoms with Crippen molar-refractivity contribution in [3.63, 3.8) is 0 Å². The van der Waals surface area contributed by atoms with Crippen molar-refractivity contribution in [2.45, 2.75) is 58.9 Å². The van der Waals surface area contributed by atoms with Crippen molar-refractivity contribution in [1.82, 2.24) is 0 Å². The first-order valence-corrected chi connectivity index (χ1v) is 16.7. The van der Waals surface area contributed by atoms with E-state index >= 15 is 0 Å². The average Bonchev–Trinajstić information content (AvgIpc) is 2.28. The van der Waals surface area contributed by atoms with Crippen molar-refractivity contribution in [3.8, 4) is 0 Å². The highest BCUT2D eigenvalue weighted by Gasteiger charge is 2.43. The third-order valence-corrected chi connectivity index (χ3v) is 10.8. The van der Waals surface area contributed by atoms with Gasteiger partial charge in [0.2, 0.25) is 0 Å². The summed E-state index contributed by atoms with van der Waals surface area (Å²) in [6, 6.07) is 0. The second-order valence-electron chi connectivity index (χ2n) is 7.63. The van der Waals surface area contributed by atoms with Crippen LogP contribution in [0.2, 0.25) is 45.8 Å². The van der Waals surface area contributed by atoms with Crippen LogP contribution >= 0.6 is 0 Å². The van der Waals surface area contributed by atoms with Gasteiger partial charge in [-0.1, -0.05) is 6.58 Å². The summed E-state index contributed by atoms with van der Waals surface area (Å²) in [5, 5.41) is 9.94. The first kappa shape index (κ1) is 22.7. The average molecular weight is 381 g/mol. The Morgan fingerprint density at radius 3 is 1.78 bits per heavy atom. The molecule has 0 saturated carbocycles. The van der Waals surface area contributed by atoms with E-state index in [4.69, 9.17) is 17.4 Å². The fourth-order valence-electron chi connectivity index (χ4n) is 1.78. The van der Waals surface area contributed by atoms with Crippen LogP contribution < -0.4 is 0 Å². The van der Waals surface area contributed by atoms with E-state index in [0.717, 1.165) is 0 Å². The summed E-state index contributed by atoms with van der Waals surface area (Å²) in [4.78, 5) is 11.3. The van der Waals surface area contributed by atoms with Gasteiger partial charge < -0.3 is 22.5 Å². The molecule has 0 spiro atoms. The molecule has 0 radical (unpaired) electrons. The number of aliphatic hydroxyl groups is 1. The zero-order valence-electron chi connectivity index (χ0n) is 15.7. The third kappa shape index (κ3) is 11.8. The minimum Gasteiger partial charge on any atom is -0.460 e. The van der Waals surface area contributed by atoms with Gasteiger partial charge in [0.15, 0.2) is 16.6 Å². The predicted octanol–water partition coefficient (Wildman–Crippen LogP) is 2.75. The largest absolute Gasteiger partial charge is 0.476 e. The summed E-state index contributed by atoms with van der Waals surface area (Å²) in [5.41, 5.74) is 0.293. The summed E-state index contributed by atoms with van der Waals surface area (Å²) in [5.74, 6) is -0.527. The number of aliphatic hydroxyl groups excluding tert-OH is 1. The molecule has 1 N–H and O–H groups in total. The Kier molecular flexibility index (Phi) is 8.58. The molecule has 0 aliphatic heterocycles. The predicted molar refractivity (Wildman–Crippen MR) is 98.2 cm³/mol. The van der Waals surface area contributed by atoms with Crippen LogP contribution in [-0.2, 0) is 22.2 Å². The summed E-state index contributed by atoms with van der Waals surface area (Å²) >= 11 is 0. The maximum Gasteiger partial charge on any atom is 0.476 e. The Morgan fingerprint density at radius 1 is 1.00 bits per heavy atom. The van der Waals surface area contributed by atoms with Gasteiger partial charge in [-0.3, -0.25) is 0 Å². The number of carbonyl (C=O) groups excluding carboxylic acids is 1. The van der Waals surface area contributed by atoms with Crippen LogP contribution in [-0.4, -0.2) is 55.8 Å². The van der Waals surface area contributed by atoms with Crippen LogP contribution in [0.25, 0.3) is 0 Å². The van der Waals surface area contributed by atoms with Gasteiger partial charge in [0, 0.05) is 12.1 Å². The first-order valence-electron chi connectivity index (χ1n) is 7.68. The Hall–Kier alpha value is -0.299.